The Morgan fingerprint density at radius 2 is 2.25 bits per heavy atom. The SMILES string of the molecule is CC1(C(=O)Nc2c(O)cccc2[N+](=O)[O-])CCCCN1. The molecule has 1 aliphatic rings. The Bertz CT molecular complexity index is 538. The van der Waals surface area contributed by atoms with E-state index in [9.17, 15) is 20.0 Å². The number of para-hydroxylation sites is 1. The summed E-state index contributed by atoms with van der Waals surface area (Å²) in [7, 11) is 0. The zero-order chi connectivity index (χ0) is 14.8. The van der Waals surface area contributed by atoms with Crippen LogP contribution in [0.5, 0.6) is 5.75 Å². The van der Waals surface area contributed by atoms with Crippen LogP contribution in [0, 0.1) is 10.1 Å². The quantitative estimate of drug-likeness (QED) is 0.444. The third-order valence-corrected chi connectivity index (χ3v) is 3.58. The minimum Gasteiger partial charge on any atom is -0.505 e. The van der Waals surface area contributed by atoms with Crippen LogP contribution in [0.3, 0.4) is 0 Å². The van der Waals surface area contributed by atoms with Gasteiger partial charge in [-0.25, -0.2) is 0 Å². The highest BCUT2D eigenvalue weighted by Crippen LogP contribution is 2.34. The monoisotopic (exact) mass is 279 g/mol. The van der Waals surface area contributed by atoms with E-state index in [4.69, 9.17) is 0 Å². The van der Waals surface area contributed by atoms with Crippen molar-refractivity contribution in [2.45, 2.75) is 31.7 Å². The van der Waals surface area contributed by atoms with Gasteiger partial charge in [0.2, 0.25) is 5.91 Å². The number of carbonyl (C=O) groups excluding carboxylic acids is 1. The van der Waals surface area contributed by atoms with Crippen LogP contribution in [-0.2, 0) is 4.79 Å². The number of nitro benzene ring substituents is 1. The number of nitro groups is 1. The van der Waals surface area contributed by atoms with Crippen molar-refractivity contribution in [1.29, 1.82) is 0 Å². The average molecular weight is 279 g/mol. The first-order valence-corrected chi connectivity index (χ1v) is 6.47. The van der Waals surface area contributed by atoms with Gasteiger partial charge < -0.3 is 15.7 Å². The number of hydrogen-bond donors (Lipinski definition) is 3. The molecular weight excluding hydrogens is 262 g/mol. The molecule has 7 nitrogen and oxygen atoms in total. The largest absolute Gasteiger partial charge is 0.505 e. The van der Waals surface area contributed by atoms with Gasteiger partial charge in [0.1, 0.15) is 5.75 Å². The normalized spacial score (nSPS) is 22.2. The lowest BCUT2D eigenvalue weighted by Gasteiger charge is -2.33. The first-order chi connectivity index (χ1) is 9.44. The number of phenols is 1. The molecule has 1 aromatic carbocycles. The molecule has 0 aliphatic carbocycles. The van der Waals surface area contributed by atoms with Gasteiger partial charge in [0, 0.05) is 6.07 Å². The molecule has 1 unspecified atom stereocenters. The fourth-order valence-corrected chi connectivity index (χ4v) is 2.31. The molecule has 1 atom stereocenters. The van der Waals surface area contributed by atoms with Crippen molar-refractivity contribution >= 4 is 17.3 Å². The third kappa shape index (κ3) is 2.72. The van der Waals surface area contributed by atoms with Crippen molar-refractivity contribution in [1.82, 2.24) is 5.32 Å². The Kier molecular flexibility index (Phi) is 3.89. The standard InChI is InChI=1S/C13H17N3O4/c1-13(7-2-3-8-14-13)12(18)15-11-9(16(19)20)5-4-6-10(11)17/h4-6,14,17H,2-3,7-8H2,1H3,(H,15,18). The molecular formula is C13H17N3O4. The van der Waals surface area contributed by atoms with Gasteiger partial charge in [-0.05, 0) is 38.8 Å². The van der Waals surface area contributed by atoms with Crippen molar-refractivity contribution in [3.05, 3.63) is 28.3 Å². The highest BCUT2D eigenvalue weighted by atomic mass is 16.6. The van der Waals surface area contributed by atoms with Crippen LogP contribution in [0.25, 0.3) is 0 Å². The molecule has 0 spiro atoms. The van der Waals surface area contributed by atoms with Crippen LogP contribution in [0.1, 0.15) is 26.2 Å². The number of carbonyl (C=O) groups is 1. The van der Waals surface area contributed by atoms with E-state index in [1.54, 1.807) is 6.92 Å². The maximum Gasteiger partial charge on any atom is 0.296 e. The number of piperidine rings is 1. The fraction of sp³-hybridized carbons (Fsp3) is 0.462. The first kappa shape index (κ1) is 14.3. The van der Waals surface area contributed by atoms with Gasteiger partial charge in [-0.2, -0.15) is 0 Å². The van der Waals surface area contributed by atoms with Gasteiger partial charge in [-0.15, -0.1) is 0 Å². The second kappa shape index (κ2) is 5.46. The van der Waals surface area contributed by atoms with E-state index in [0.717, 1.165) is 19.4 Å². The lowest BCUT2D eigenvalue weighted by atomic mass is 9.90. The van der Waals surface area contributed by atoms with E-state index in [1.165, 1.54) is 18.2 Å². The molecule has 3 N–H and O–H groups in total. The molecule has 2 rings (SSSR count). The number of anilines is 1. The molecule has 0 radical (unpaired) electrons. The summed E-state index contributed by atoms with van der Waals surface area (Å²) < 4.78 is 0. The first-order valence-electron chi connectivity index (χ1n) is 6.47. The summed E-state index contributed by atoms with van der Waals surface area (Å²) in [6.07, 6.45) is 2.57. The lowest BCUT2D eigenvalue weighted by molar-refractivity contribution is -0.384. The molecule has 0 saturated carbocycles. The zero-order valence-corrected chi connectivity index (χ0v) is 11.2. The summed E-state index contributed by atoms with van der Waals surface area (Å²) in [6, 6.07) is 3.91. The molecule has 20 heavy (non-hydrogen) atoms. The van der Waals surface area contributed by atoms with Crippen molar-refractivity contribution in [3.63, 3.8) is 0 Å². The number of aromatic hydroxyl groups is 1. The molecule has 0 aromatic heterocycles. The number of hydrogen-bond acceptors (Lipinski definition) is 5. The predicted molar refractivity (Wildman–Crippen MR) is 73.6 cm³/mol. The van der Waals surface area contributed by atoms with Crippen LogP contribution < -0.4 is 10.6 Å². The van der Waals surface area contributed by atoms with E-state index >= 15 is 0 Å². The van der Waals surface area contributed by atoms with Crippen molar-refractivity contribution in [2.75, 3.05) is 11.9 Å². The minimum atomic E-state index is -0.769. The smallest absolute Gasteiger partial charge is 0.296 e. The molecule has 1 amide bonds. The highest BCUT2D eigenvalue weighted by molar-refractivity contribution is 6.00. The summed E-state index contributed by atoms with van der Waals surface area (Å²) in [4.78, 5) is 22.6. The number of rotatable bonds is 3. The van der Waals surface area contributed by atoms with Crippen molar-refractivity contribution in [2.24, 2.45) is 0 Å². The Morgan fingerprint density at radius 1 is 1.50 bits per heavy atom. The van der Waals surface area contributed by atoms with E-state index in [2.05, 4.69) is 10.6 Å². The van der Waals surface area contributed by atoms with Crippen LogP contribution in [0.15, 0.2) is 18.2 Å². The van der Waals surface area contributed by atoms with Gasteiger partial charge in [0.15, 0.2) is 5.69 Å². The van der Waals surface area contributed by atoms with Gasteiger partial charge >= 0.3 is 0 Å². The van der Waals surface area contributed by atoms with Gasteiger partial charge in [0.25, 0.3) is 5.69 Å². The Hall–Kier alpha value is -2.15. The van der Waals surface area contributed by atoms with Crippen molar-refractivity contribution in [3.8, 4) is 5.75 Å². The Morgan fingerprint density at radius 3 is 2.85 bits per heavy atom. The van der Waals surface area contributed by atoms with E-state index in [1.807, 2.05) is 0 Å². The predicted octanol–water partition coefficient (Wildman–Crippen LogP) is 1.77. The molecule has 7 heteroatoms. The number of nitrogens with zero attached hydrogens (tertiary/aromatic N) is 1. The van der Waals surface area contributed by atoms with Crippen LogP contribution >= 0.6 is 0 Å². The van der Waals surface area contributed by atoms with Crippen molar-refractivity contribution < 1.29 is 14.8 Å². The summed E-state index contributed by atoms with van der Waals surface area (Å²) in [6.45, 7) is 2.49. The molecule has 0 bridgehead atoms. The summed E-state index contributed by atoms with van der Waals surface area (Å²) in [5.74, 6) is -0.686. The van der Waals surface area contributed by atoms with Crippen LogP contribution in [-0.4, -0.2) is 28.0 Å². The molecule has 1 heterocycles. The minimum absolute atomic E-state index is 0.156. The second-order valence-electron chi connectivity index (χ2n) is 5.10. The highest BCUT2D eigenvalue weighted by Gasteiger charge is 2.35. The summed E-state index contributed by atoms with van der Waals surface area (Å²) >= 11 is 0. The van der Waals surface area contributed by atoms with Gasteiger partial charge in [-0.1, -0.05) is 6.07 Å². The van der Waals surface area contributed by atoms with Gasteiger partial charge in [0.05, 0.1) is 10.5 Å². The second-order valence-corrected chi connectivity index (χ2v) is 5.10. The van der Waals surface area contributed by atoms with Crippen LogP contribution in [0.4, 0.5) is 11.4 Å². The van der Waals surface area contributed by atoms with E-state index in [-0.39, 0.29) is 23.0 Å². The van der Waals surface area contributed by atoms with Crippen LogP contribution in [0.2, 0.25) is 0 Å². The maximum absolute atomic E-state index is 12.3. The molecule has 1 aliphatic heterocycles. The van der Waals surface area contributed by atoms with E-state index < -0.39 is 10.5 Å². The fourth-order valence-electron chi connectivity index (χ4n) is 2.31. The number of amides is 1. The topological polar surface area (TPSA) is 104 Å². The third-order valence-electron chi connectivity index (χ3n) is 3.58. The zero-order valence-electron chi connectivity index (χ0n) is 11.2. The number of nitrogens with one attached hydrogen (secondary N) is 2. The maximum atomic E-state index is 12.3. The molecule has 1 aromatic rings. The molecule has 1 saturated heterocycles. The van der Waals surface area contributed by atoms with Gasteiger partial charge in [-0.3, -0.25) is 14.9 Å². The number of benzene rings is 1. The Balaban J connectivity index is 2.25. The van der Waals surface area contributed by atoms with E-state index in [0.29, 0.717) is 6.42 Å². The average Bonchev–Trinajstić information content (AvgIpc) is 2.41. The Labute approximate surface area is 116 Å². The number of phenolic OH excluding ortho intramolecular Hbond substituents is 1. The lowest BCUT2D eigenvalue weighted by Crippen LogP contribution is -2.54. The summed E-state index contributed by atoms with van der Waals surface area (Å²) in [5.41, 5.74) is -1.25. The molecule has 1 fully saturated rings. The molecule has 108 valence electrons. The summed E-state index contributed by atoms with van der Waals surface area (Å²) in [5, 5.41) is 26.3.